The Morgan fingerprint density at radius 1 is 0.833 bits per heavy atom. The molecule has 158 valence electrons. The minimum Gasteiger partial charge on any atom is -0.497 e. The van der Waals surface area contributed by atoms with E-state index < -0.39 is 5.41 Å². The molecule has 0 spiro atoms. The molecule has 1 unspecified atom stereocenters. The minimum atomic E-state index is -0.588. The van der Waals surface area contributed by atoms with Gasteiger partial charge in [0.2, 0.25) is 0 Å². The summed E-state index contributed by atoms with van der Waals surface area (Å²) in [4.78, 5) is 0. The topological polar surface area (TPSA) is 47.9 Å². The van der Waals surface area contributed by atoms with Crippen molar-refractivity contribution in [2.24, 2.45) is 5.92 Å². The van der Waals surface area contributed by atoms with Crippen molar-refractivity contribution < 1.29 is 19.3 Å². The summed E-state index contributed by atoms with van der Waals surface area (Å²) in [6.07, 6.45) is 0. The third kappa shape index (κ3) is 4.50. The lowest BCUT2D eigenvalue weighted by molar-refractivity contribution is 0.0621. The maximum Gasteiger partial charge on any atom is 0.127 e. The fraction of sp³-hybridized carbons (Fsp3) is 0.308. The molecule has 0 amide bonds. The smallest absolute Gasteiger partial charge is 0.127 e. The highest BCUT2D eigenvalue weighted by atomic mass is 16.5. The van der Waals surface area contributed by atoms with E-state index in [1.807, 2.05) is 55.5 Å². The molecule has 0 saturated carbocycles. The minimum absolute atomic E-state index is 0.0620. The van der Waals surface area contributed by atoms with E-state index in [2.05, 4.69) is 30.3 Å². The number of aliphatic hydroxyl groups excluding tert-OH is 1. The average Bonchev–Trinajstić information content (AvgIpc) is 2.82. The van der Waals surface area contributed by atoms with Crippen LogP contribution in [0.5, 0.6) is 11.5 Å². The molecular weight excluding hydrogens is 376 g/mol. The van der Waals surface area contributed by atoms with Gasteiger partial charge in [0.25, 0.3) is 0 Å². The summed E-state index contributed by atoms with van der Waals surface area (Å²) in [5.74, 6) is 1.54. The normalized spacial score (nSPS) is 12.4. The Morgan fingerprint density at radius 3 is 1.93 bits per heavy atom. The summed E-state index contributed by atoms with van der Waals surface area (Å²) >= 11 is 0. The Hall–Kier alpha value is -2.82. The molecule has 3 aromatic rings. The molecule has 0 aromatic heterocycles. The maximum absolute atomic E-state index is 9.44. The number of hydrogen-bond donors (Lipinski definition) is 1. The largest absolute Gasteiger partial charge is 0.497 e. The standard InChI is InChI=1S/C26H30O4/c1-20(17-27)18-30-19-26(21-10-6-4-7-11-21,22-12-8-5-9-13-22)24-15-14-23(28-2)16-25(24)29-3/h4-16,20,27H,17-19H2,1-3H3. The first-order chi connectivity index (χ1) is 14.7. The highest BCUT2D eigenvalue weighted by molar-refractivity contribution is 5.57. The average molecular weight is 407 g/mol. The van der Waals surface area contributed by atoms with Gasteiger partial charge in [0, 0.05) is 24.2 Å². The van der Waals surface area contributed by atoms with Crippen LogP contribution in [-0.4, -0.2) is 39.1 Å². The van der Waals surface area contributed by atoms with Crippen LogP contribution in [0.3, 0.4) is 0 Å². The maximum atomic E-state index is 9.44. The Kier molecular flexibility index (Phi) is 7.50. The van der Waals surface area contributed by atoms with E-state index in [1.54, 1.807) is 14.2 Å². The van der Waals surface area contributed by atoms with Crippen LogP contribution in [0.15, 0.2) is 78.9 Å². The van der Waals surface area contributed by atoms with Crippen molar-refractivity contribution in [2.75, 3.05) is 34.0 Å². The molecule has 1 N–H and O–H groups in total. The van der Waals surface area contributed by atoms with Gasteiger partial charge in [0.05, 0.1) is 32.8 Å². The SMILES string of the molecule is COc1ccc(C(COCC(C)CO)(c2ccccc2)c2ccccc2)c(OC)c1. The molecule has 0 bridgehead atoms. The third-order valence-electron chi connectivity index (χ3n) is 5.43. The highest BCUT2D eigenvalue weighted by Gasteiger charge is 2.39. The van der Waals surface area contributed by atoms with E-state index in [-0.39, 0.29) is 12.5 Å². The molecule has 0 aliphatic heterocycles. The lowest BCUT2D eigenvalue weighted by Gasteiger charge is -2.37. The fourth-order valence-electron chi connectivity index (χ4n) is 3.78. The molecule has 0 aliphatic carbocycles. The van der Waals surface area contributed by atoms with Gasteiger partial charge in [0.15, 0.2) is 0 Å². The molecule has 30 heavy (non-hydrogen) atoms. The predicted octanol–water partition coefficient (Wildman–Crippen LogP) is 4.68. The van der Waals surface area contributed by atoms with E-state index >= 15 is 0 Å². The van der Waals surface area contributed by atoms with E-state index in [0.717, 1.165) is 28.2 Å². The second kappa shape index (κ2) is 10.3. The zero-order valence-electron chi connectivity index (χ0n) is 17.9. The van der Waals surface area contributed by atoms with Crippen LogP contribution in [-0.2, 0) is 10.2 Å². The van der Waals surface area contributed by atoms with Crippen molar-refractivity contribution in [1.82, 2.24) is 0 Å². The molecule has 3 aromatic carbocycles. The van der Waals surface area contributed by atoms with E-state index in [4.69, 9.17) is 14.2 Å². The number of ether oxygens (including phenoxy) is 3. The van der Waals surface area contributed by atoms with Gasteiger partial charge in [-0.15, -0.1) is 0 Å². The Labute approximate surface area is 179 Å². The molecule has 0 fully saturated rings. The summed E-state index contributed by atoms with van der Waals surface area (Å²) in [5, 5.41) is 9.44. The fourth-order valence-corrected chi connectivity index (χ4v) is 3.78. The van der Waals surface area contributed by atoms with E-state index in [9.17, 15) is 5.11 Å². The Bertz CT molecular complexity index is 869. The molecule has 3 rings (SSSR count). The Balaban J connectivity index is 2.23. The van der Waals surface area contributed by atoms with E-state index in [1.165, 1.54) is 0 Å². The molecule has 4 nitrogen and oxygen atoms in total. The van der Waals surface area contributed by atoms with Gasteiger partial charge in [-0.3, -0.25) is 0 Å². The van der Waals surface area contributed by atoms with Gasteiger partial charge in [-0.25, -0.2) is 0 Å². The summed E-state index contributed by atoms with van der Waals surface area (Å²) in [6.45, 7) is 2.95. The zero-order chi connectivity index (χ0) is 21.4. The number of benzene rings is 3. The van der Waals surface area contributed by atoms with Gasteiger partial charge in [-0.05, 0) is 17.2 Å². The van der Waals surface area contributed by atoms with Crippen molar-refractivity contribution in [3.63, 3.8) is 0 Å². The highest BCUT2D eigenvalue weighted by Crippen LogP contribution is 2.44. The quantitative estimate of drug-likeness (QED) is 0.497. The molecule has 0 aliphatic rings. The van der Waals surface area contributed by atoms with Gasteiger partial charge in [0.1, 0.15) is 11.5 Å². The number of methoxy groups -OCH3 is 2. The van der Waals surface area contributed by atoms with Crippen molar-refractivity contribution >= 4 is 0 Å². The lowest BCUT2D eigenvalue weighted by Crippen LogP contribution is -2.36. The zero-order valence-corrected chi connectivity index (χ0v) is 17.9. The van der Waals surface area contributed by atoms with Crippen LogP contribution in [0.4, 0.5) is 0 Å². The van der Waals surface area contributed by atoms with Crippen molar-refractivity contribution in [1.29, 1.82) is 0 Å². The first-order valence-electron chi connectivity index (χ1n) is 10.2. The molecule has 0 heterocycles. The number of hydrogen-bond acceptors (Lipinski definition) is 4. The first kappa shape index (κ1) is 21.9. The molecule has 4 heteroatoms. The van der Waals surface area contributed by atoms with Crippen LogP contribution in [0.1, 0.15) is 23.6 Å². The Morgan fingerprint density at radius 2 is 1.43 bits per heavy atom. The summed E-state index contributed by atoms with van der Waals surface area (Å²) in [6, 6.07) is 26.6. The lowest BCUT2D eigenvalue weighted by atomic mass is 9.69. The summed E-state index contributed by atoms with van der Waals surface area (Å²) in [5.41, 5.74) is 2.63. The van der Waals surface area contributed by atoms with Crippen LogP contribution in [0.2, 0.25) is 0 Å². The second-order valence-electron chi connectivity index (χ2n) is 7.51. The van der Waals surface area contributed by atoms with Crippen LogP contribution in [0, 0.1) is 5.92 Å². The van der Waals surface area contributed by atoms with Crippen molar-refractivity contribution in [2.45, 2.75) is 12.3 Å². The molecule has 0 radical (unpaired) electrons. The van der Waals surface area contributed by atoms with Crippen LogP contribution in [0.25, 0.3) is 0 Å². The monoisotopic (exact) mass is 406 g/mol. The van der Waals surface area contributed by atoms with Gasteiger partial charge in [-0.2, -0.15) is 0 Å². The number of aliphatic hydroxyl groups is 1. The van der Waals surface area contributed by atoms with Crippen molar-refractivity contribution in [3.8, 4) is 11.5 Å². The van der Waals surface area contributed by atoms with Gasteiger partial charge >= 0.3 is 0 Å². The molecular formula is C26H30O4. The number of rotatable bonds is 10. The first-order valence-corrected chi connectivity index (χ1v) is 10.2. The third-order valence-corrected chi connectivity index (χ3v) is 5.43. The van der Waals surface area contributed by atoms with Crippen LogP contribution < -0.4 is 9.47 Å². The van der Waals surface area contributed by atoms with Crippen molar-refractivity contribution in [3.05, 3.63) is 95.6 Å². The van der Waals surface area contributed by atoms with Gasteiger partial charge < -0.3 is 19.3 Å². The molecule has 1 atom stereocenters. The molecule has 0 saturated heterocycles. The predicted molar refractivity (Wildman–Crippen MR) is 119 cm³/mol. The van der Waals surface area contributed by atoms with E-state index in [0.29, 0.717) is 13.2 Å². The summed E-state index contributed by atoms with van der Waals surface area (Å²) < 4.78 is 17.5. The van der Waals surface area contributed by atoms with Gasteiger partial charge in [-0.1, -0.05) is 73.7 Å². The van der Waals surface area contributed by atoms with Crippen LogP contribution >= 0.6 is 0 Å². The second-order valence-corrected chi connectivity index (χ2v) is 7.51. The summed E-state index contributed by atoms with van der Waals surface area (Å²) in [7, 11) is 3.32.